The fourth-order valence-electron chi connectivity index (χ4n) is 2.35. The van der Waals surface area contributed by atoms with Crippen molar-refractivity contribution in [3.8, 4) is 0 Å². The Balaban J connectivity index is 2.21. The molecular weight excluding hydrogens is 310 g/mol. The maximum atomic E-state index is 12.5. The molecule has 0 radical (unpaired) electrons. The zero-order valence-electron chi connectivity index (χ0n) is 14.2. The number of sulfonamides is 1. The molecule has 0 saturated heterocycles. The average Bonchev–Trinajstić information content (AvgIpc) is 2.92. The zero-order chi connectivity index (χ0) is 17.0. The Labute approximate surface area is 138 Å². The summed E-state index contributed by atoms with van der Waals surface area (Å²) < 4.78 is 29.4. The number of benzene rings is 1. The molecule has 6 heteroatoms. The molecule has 1 aromatic heterocycles. The highest BCUT2D eigenvalue weighted by molar-refractivity contribution is 7.92. The van der Waals surface area contributed by atoms with Gasteiger partial charge in [-0.2, -0.15) is 0 Å². The monoisotopic (exact) mass is 335 g/mol. The predicted octanol–water partition coefficient (Wildman–Crippen LogP) is 3.85. The van der Waals surface area contributed by atoms with E-state index in [1.165, 1.54) is 0 Å². The molecule has 0 fully saturated rings. The number of anilines is 1. The fraction of sp³-hybridized carbons (Fsp3) is 0.471. The van der Waals surface area contributed by atoms with Crippen molar-refractivity contribution in [2.75, 3.05) is 4.72 Å². The van der Waals surface area contributed by atoms with E-state index in [4.69, 9.17) is 0 Å². The predicted molar refractivity (Wildman–Crippen MR) is 93.0 cm³/mol. The van der Waals surface area contributed by atoms with E-state index in [0.717, 1.165) is 12.0 Å². The van der Waals surface area contributed by atoms with Gasteiger partial charge in [0, 0.05) is 18.9 Å². The van der Waals surface area contributed by atoms with E-state index in [2.05, 4.69) is 37.4 Å². The van der Waals surface area contributed by atoms with Gasteiger partial charge in [0.2, 0.25) is 5.95 Å². The average molecular weight is 335 g/mol. The Morgan fingerprint density at radius 2 is 1.83 bits per heavy atom. The van der Waals surface area contributed by atoms with Gasteiger partial charge in [-0.25, -0.2) is 18.1 Å². The smallest absolute Gasteiger partial charge is 0.264 e. The van der Waals surface area contributed by atoms with Crippen LogP contribution in [-0.4, -0.2) is 18.0 Å². The molecule has 0 spiro atoms. The summed E-state index contributed by atoms with van der Waals surface area (Å²) in [4.78, 5) is 4.37. The molecule has 23 heavy (non-hydrogen) atoms. The molecule has 0 amide bonds. The van der Waals surface area contributed by atoms with Crippen LogP contribution in [0.3, 0.4) is 0 Å². The molecule has 1 heterocycles. The Kier molecular flexibility index (Phi) is 5.46. The largest absolute Gasteiger partial charge is 0.316 e. The van der Waals surface area contributed by atoms with Crippen LogP contribution < -0.4 is 4.72 Å². The summed E-state index contributed by atoms with van der Waals surface area (Å²) in [6.07, 6.45) is 4.41. The van der Waals surface area contributed by atoms with Crippen molar-refractivity contribution in [1.82, 2.24) is 9.55 Å². The number of aromatic nitrogens is 2. The van der Waals surface area contributed by atoms with Crippen molar-refractivity contribution in [2.24, 2.45) is 5.92 Å². The number of hydrogen-bond donors (Lipinski definition) is 1. The third-order valence-electron chi connectivity index (χ3n) is 3.87. The van der Waals surface area contributed by atoms with Crippen molar-refractivity contribution < 1.29 is 8.42 Å². The van der Waals surface area contributed by atoms with Crippen LogP contribution in [0.5, 0.6) is 0 Å². The summed E-state index contributed by atoms with van der Waals surface area (Å²) in [7, 11) is -3.62. The lowest BCUT2D eigenvalue weighted by molar-refractivity contribution is 0.527. The van der Waals surface area contributed by atoms with E-state index in [-0.39, 0.29) is 4.90 Å². The zero-order valence-corrected chi connectivity index (χ0v) is 15.0. The number of nitrogens with one attached hydrogen (secondary N) is 1. The Hall–Kier alpha value is -1.82. The summed E-state index contributed by atoms with van der Waals surface area (Å²) >= 11 is 0. The topological polar surface area (TPSA) is 64.0 Å². The van der Waals surface area contributed by atoms with Gasteiger partial charge in [-0.15, -0.1) is 0 Å². The van der Waals surface area contributed by atoms with E-state index >= 15 is 0 Å². The molecule has 126 valence electrons. The summed E-state index contributed by atoms with van der Waals surface area (Å²) in [5.41, 5.74) is 1.15. The number of imidazole rings is 1. The Morgan fingerprint density at radius 1 is 1.17 bits per heavy atom. The molecule has 0 saturated carbocycles. The van der Waals surface area contributed by atoms with E-state index in [9.17, 15) is 8.42 Å². The highest BCUT2D eigenvalue weighted by atomic mass is 32.2. The van der Waals surface area contributed by atoms with Crippen molar-refractivity contribution in [3.63, 3.8) is 0 Å². The van der Waals surface area contributed by atoms with Crippen LogP contribution in [0.4, 0.5) is 5.95 Å². The summed E-state index contributed by atoms with van der Waals surface area (Å²) in [5.74, 6) is 1.18. The molecule has 1 aromatic carbocycles. The van der Waals surface area contributed by atoms with Gasteiger partial charge in [0.25, 0.3) is 10.0 Å². The third-order valence-corrected chi connectivity index (χ3v) is 5.22. The molecule has 2 rings (SSSR count). The third kappa shape index (κ3) is 4.34. The molecule has 0 aliphatic carbocycles. The van der Waals surface area contributed by atoms with Crippen molar-refractivity contribution in [1.29, 1.82) is 0 Å². The van der Waals surface area contributed by atoms with Crippen LogP contribution >= 0.6 is 0 Å². The molecule has 0 aliphatic rings. The minimum atomic E-state index is -3.62. The standard InChI is InChI=1S/C17H25N3O2S/c1-5-14(4)15-6-8-16(9-7-15)23(21,22)19-17-18-10-11-20(17)12-13(2)3/h6-11,13-14H,5,12H2,1-4H3,(H,18,19)/t14-/m1/s1. The second-order valence-corrected chi connectivity index (χ2v) is 7.96. The maximum absolute atomic E-state index is 12.5. The Morgan fingerprint density at radius 3 is 2.39 bits per heavy atom. The Bertz CT molecular complexity index is 733. The van der Waals surface area contributed by atoms with Gasteiger partial charge < -0.3 is 4.57 Å². The maximum Gasteiger partial charge on any atom is 0.264 e. The van der Waals surface area contributed by atoms with Gasteiger partial charge in [-0.05, 0) is 36.0 Å². The first kappa shape index (κ1) is 17.5. The summed E-state index contributed by atoms with van der Waals surface area (Å²) in [6, 6.07) is 7.06. The van der Waals surface area contributed by atoms with Crippen molar-refractivity contribution in [3.05, 3.63) is 42.2 Å². The minimum Gasteiger partial charge on any atom is -0.316 e. The van der Waals surface area contributed by atoms with Crippen LogP contribution in [0.2, 0.25) is 0 Å². The van der Waals surface area contributed by atoms with E-state index in [0.29, 0.717) is 24.3 Å². The first-order valence-corrected chi connectivity index (χ1v) is 9.45. The molecular formula is C17H25N3O2S. The molecule has 5 nitrogen and oxygen atoms in total. The number of rotatable bonds is 7. The number of hydrogen-bond acceptors (Lipinski definition) is 3. The van der Waals surface area contributed by atoms with E-state index in [1.807, 2.05) is 16.7 Å². The molecule has 0 bridgehead atoms. The lowest BCUT2D eigenvalue weighted by Gasteiger charge is -2.13. The lowest BCUT2D eigenvalue weighted by Crippen LogP contribution is -2.17. The van der Waals surface area contributed by atoms with Gasteiger partial charge >= 0.3 is 0 Å². The van der Waals surface area contributed by atoms with Crippen LogP contribution in [0.15, 0.2) is 41.6 Å². The molecule has 1 N–H and O–H groups in total. The summed E-state index contributed by atoms with van der Waals surface area (Å²) in [6.45, 7) is 9.11. The van der Waals surface area contributed by atoms with Crippen molar-refractivity contribution in [2.45, 2.75) is 51.5 Å². The first-order valence-electron chi connectivity index (χ1n) is 7.97. The van der Waals surface area contributed by atoms with Gasteiger partial charge in [0.15, 0.2) is 0 Å². The first-order chi connectivity index (χ1) is 10.8. The van der Waals surface area contributed by atoms with Crippen molar-refractivity contribution >= 4 is 16.0 Å². The van der Waals surface area contributed by atoms with Gasteiger partial charge in [-0.3, -0.25) is 0 Å². The highest BCUT2D eigenvalue weighted by Crippen LogP contribution is 2.21. The second kappa shape index (κ2) is 7.17. The fourth-order valence-corrected chi connectivity index (χ4v) is 3.37. The van der Waals surface area contributed by atoms with Gasteiger partial charge in [-0.1, -0.05) is 39.8 Å². The number of nitrogens with zero attached hydrogens (tertiary/aromatic N) is 2. The molecule has 1 atom stereocenters. The van der Waals surface area contributed by atoms with Crippen LogP contribution in [-0.2, 0) is 16.6 Å². The lowest BCUT2D eigenvalue weighted by atomic mass is 9.99. The normalized spacial score (nSPS) is 13.3. The molecule has 2 aromatic rings. The highest BCUT2D eigenvalue weighted by Gasteiger charge is 2.17. The minimum absolute atomic E-state index is 0.253. The van der Waals surface area contributed by atoms with E-state index in [1.54, 1.807) is 24.5 Å². The van der Waals surface area contributed by atoms with E-state index < -0.39 is 10.0 Å². The molecule has 0 unspecified atom stereocenters. The summed E-state index contributed by atoms with van der Waals surface area (Å²) in [5, 5.41) is 0. The van der Waals surface area contributed by atoms with Crippen LogP contribution in [0, 0.1) is 5.92 Å². The van der Waals surface area contributed by atoms with Gasteiger partial charge in [0.05, 0.1) is 4.90 Å². The SMILES string of the molecule is CC[C@@H](C)c1ccc(S(=O)(=O)Nc2nccn2CC(C)C)cc1. The van der Waals surface area contributed by atoms with Crippen LogP contribution in [0.25, 0.3) is 0 Å². The molecule has 0 aliphatic heterocycles. The van der Waals surface area contributed by atoms with Crippen LogP contribution in [0.1, 0.15) is 45.6 Å². The quantitative estimate of drug-likeness (QED) is 0.836. The second-order valence-electron chi connectivity index (χ2n) is 6.28. The van der Waals surface area contributed by atoms with Gasteiger partial charge in [0.1, 0.15) is 0 Å².